The number of hydrogen-bond donors (Lipinski definition) is 2. The van der Waals surface area contributed by atoms with Crippen LogP contribution in [0, 0.1) is 0 Å². The van der Waals surface area contributed by atoms with E-state index in [1.807, 2.05) is 24.5 Å². The van der Waals surface area contributed by atoms with E-state index in [0.717, 1.165) is 12.2 Å². The van der Waals surface area contributed by atoms with Crippen LogP contribution in [0.4, 0.5) is 5.69 Å². The van der Waals surface area contributed by atoms with E-state index in [1.165, 1.54) is 0 Å². The van der Waals surface area contributed by atoms with E-state index in [9.17, 15) is 5.11 Å². The van der Waals surface area contributed by atoms with Crippen molar-refractivity contribution in [2.75, 3.05) is 11.4 Å². The number of rotatable bonds is 1. The minimum atomic E-state index is 0.306. The van der Waals surface area contributed by atoms with Gasteiger partial charge in [0.05, 0.1) is 0 Å². The highest BCUT2D eigenvalue weighted by Crippen LogP contribution is 2.21. The van der Waals surface area contributed by atoms with Crippen molar-refractivity contribution in [1.29, 1.82) is 0 Å². The smallest absolute Gasteiger partial charge is 0.115 e. The molecular formula is C11H14N2O. The Bertz CT molecular complexity index is 332. The first-order chi connectivity index (χ1) is 6.77. The zero-order valence-corrected chi connectivity index (χ0v) is 8.14. The average molecular weight is 190 g/mol. The molecular weight excluding hydrogens is 176 g/mol. The van der Waals surface area contributed by atoms with E-state index in [2.05, 4.69) is 17.1 Å². The van der Waals surface area contributed by atoms with Crippen molar-refractivity contribution in [3.05, 3.63) is 36.7 Å². The lowest BCUT2D eigenvalue weighted by molar-refractivity contribution is 0.475. The minimum absolute atomic E-state index is 0.306. The zero-order valence-electron chi connectivity index (χ0n) is 8.14. The summed E-state index contributed by atoms with van der Waals surface area (Å²) in [5, 5.41) is 12.3. The van der Waals surface area contributed by atoms with Crippen LogP contribution in [0.3, 0.4) is 0 Å². The van der Waals surface area contributed by atoms with Crippen LogP contribution in [0.25, 0.3) is 0 Å². The normalized spacial score (nSPS) is 20.6. The summed E-state index contributed by atoms with van der Waals surface area (Å²) in [6.07, 6.45) is 3.95. The van der Waals surface area contributed by atoms with E-state index < -0.39 is 0 Å². The number of phenols is 1. The first-order valence-electron chi connectivity index (χ1n) is 4.75. The van der Waals surface area contributed by atoms with Crippen molar-refractivity contribution in [3.63, 3.8) is 0 Å². The third-order valence-electron chi connectivity index (χ3n) is 2.39. The molecule has 74 valence electrons. The van der Waals surface area contributed by atoms with E-state index in [0.29, 0.717) is 11.8 Å². The molecule has 0 radical (unpaired) electrons. The minimum Gasteiger partial charge on any atom is -0.508 e. The van der Waals surface area contributed by atoms with Gasteiger partial charge in [-0.15, -0.1) is 0 Å². The molecule has 2 N–H and O–H groups in total. The number of nitrogens with one attached hydrogen (secondary N) is 1. The van der Waals surface area contributed by atoms with Gasteiger partial charge in [0.15, 0.2) is 0 Å². The Morgan fingerprint density at radius 3 is 2.71 bits per heavy atom. The highest BCUT2D eigenvalue weighted by Gasteiger charge is 2.13. The van der Waals surface area contributed by atoms with Crippen molar-refractivity contribution in [3.8, 4) is 5.75 Å². The molecule has 1 aliphatic heterocycles. The zero-order chi connectivity index (χ0) is 9.97. The first-order valence-corrected chi connectivity index (χ1v) is 4.75. The van der Waals surface area contributed by atoms with Gasteiger partial charge in [0.25, 0.3) is 0 Å². The highest BCUT2D eigenvalue weighted by atomic mass is 16.3. The molecule has 3 heteroatoms. The molecule has 0 fully saturated rings. The molecule has 0 bridgehead atoms. The molecule has 14 heavy (non-hydrogen) atoms. The summed E-state index contributed by atoms with van der Waals surface area (Å²) >= 11 is 0. The van der Waals surface area contributed by atoms with Crippen LogP contribution in [0.15, 0.2) is 36.7 Å². The maximum absolute atomic E-state index is 9.17. The largest absolute Gasteiger partial charge is 0.508 e. The van der Waals surface area contributed by atoms with Gasteiger partial charge in [0.1, 0.15) is 5.75 Å². The number of hydrogen-bond acceptors (Lipinski definition) is 3. The van der Waals surface area contributed by atoms with Gasteiger partial charge in [-0.3, -0.25) is 0 Å². The molecule has 1 heterocycles. The van der Waals surface area contributed by atoms with Crippen molar-refractivity contribution in [1.82, 2.24) is 5.32 Å². The molecule has 0 saturated carbocycles. The summed E-state index contributed by atoms with van der Waals surface area (Å²) in [7, 11) is 0. The quantitative estimate of drug-likeness (QED) is 0.707. The predicted octanol–water partition coefficient (Wildman–Crippen LogP) is 1.66. The van der Waals surface area contributed by atoms with Crippen molar-refractivity contribution < 1.29 is 5.11 Å². The summed E-state index contributed by atoms with van der Waals surface area (Å²) in [5.41, 5.74) is 1.10. The van der Waals surface area contributed by atoms with E-state index in [-0.39, 0.29) is 0 Å². The third-order valence-corrected chi connectivity index (χ3v) is 2.39. The molecule has 0 spiro atoms. The second-order valence-electron chi connectivity index (χ2n) is 3.50. The summed E-state index contributed by atoms with van der Waals surface area (Å²) in [6.45, 7) is 3.10. The van der Waals surface area contributed by atoms with Gasteiger partial charge >= 0.3 is 0 Å². The molecule has 1 aromatic rings. The standard InChI is InChI=1S/C11H14N2O/c1-9-8-12-6-7-13(9)10-2-4-11(14)5-3-10/h2-7,9,12,14H,8H2,1H3. The topological polar surface area (TPSA) is 35.5 Å². The number of aromatic hydroxyl groups is 1. The fraction of sp³-hybridized carbons (Fsp3) is 0.273. The summed E-state index contributed by atoms with van der Waals surface area (Å²) in [5.74, 6) is 0.306. The van der Waals surface area contributed by atoms with Crippen molar-refractivity contribution in [2.45, 2.75) is 13.0 Å². The number of benzene rings is 1. The van der Waals surface area contributed by atoms with Crippen LogP contribution in [0.2, 0.25) is 0 Å². The summed E-state index contributed by atoms with van der Waals surface area (Å²) in [4.78, 5) is 2.18. The molecule has 0 saturated heterocycles. The predicted molar refractivity (Wildman–Crippen MR) is 57.2 cm³/mol. The summed E-state index contributed by atoms with van der Waals surface area (Å²) < 4.78 is 0. The number of nitrogens with zero attached hydrogens (tertiary/aromatic N) is 1. The van der Waals surface area contributed by atoms with Crippen LogP contribution in [-0.4, -0.2) is 17.7 Å². The van der Waals surface area contributed by atoms with E-state index in [4.69, 9.17) is 0 Å². The van der Waals surface area contributed by atoms with Gasteiger partial charge in [-0.2, -0.15) is 0 Å². The lowest BCUT2D eigenvalue weighted by atomic mass is 10.2. The first kappa shape index (κ1) is 8.94. The fourth-order valence-electron chi connectivity index (χ4n) is 1.58. The Kier molecular flexibility index (Phi) is 2.31. The van der Waals surface area contributed by atoms with E-state index >= 15 is 0 Å². The van der Waals surface area contributed by atoms with Gasteiger partial charge < -0.3 is 15.3 Å². The Morgan fingerprint density at radius 2 is 2.07 bits per heavy atom. The van der Waals surface area contributed by atoms with Crippen LogP contribution >= 0.6 is 0 Å². The SMILES string of the molecule is CC1CNC=CN1c1ccc(O)cc1. The maximum atomic E-state index is 9.17. The number of anilines is 1. The molecule has 0 amide bonds. The van der Waals surface area contributed by atoms with Gasteiger partial charge in [-0.1, -0.05) is 0 Å². The van der Waals surface area contributed by atoms with Crippen LogP contribution in [0.1, 0.15) is 6.92 Å². The lowest BCUT2D eigenvalue weighted by Gasteiger charge is -2.31. The van der Waals surface area contributed by atoms with Crippen LogP contribution in [-0.2, 0) is 0 Å². The Balaban J connectivity index is 2.25. The summed E-state index contributed by atoms with van der Waals surface area (Å²) in [6, 6.07) is 7.68. The Morgan fingerprint density at radius 1 is 1.36 bits per heavy atom. The third kappa shape index (κ3) is 1.66. The molecule has 1 aromatic carbocycles. The number of phenolic OH excluding ortho intramolecular Hbond substituents is 1. The van der Waals surface area contributed by atoms with Gasteiger partial charge in [0.2, 0.25) is 0 Å². The maximum Gasteiger partial charge on any atom is 0.115 e. The fourth-order valence-corrected chi connectivity index (χ4v) is 1.58. The van der Waals surface area contributed by atoms with E-state index in [1.54, 1.807) is 12.1 Å². The van der Waals surface area contributed by atoms with Gasteiger partial charge in [-0.25, -0.2) is 0 Å². The second-order valence-corrected chi connectivity index (χ2v) is 3.50. The molecule has 3 nitrogen and oxygen atoms in total. The monoisotopic (exact) mass is 190 g/mol. The van der Waals surface area contributed by atoms with Crippen LogP contribution < -0.4 is 10.2 Å². The molecule has 1 aliphatic rings. The average Bonchev–Trinajstić information content (AvgIpc) is 2.20. The molecule has 0 aliphatic carbocycles. The van der Waals surface area contributed by atoms with Crippen molar-refractivity contribution >= 4 is 5.69 Å². The van der Waals surface area contributed by atoms with Gasteiger partial charge in [-0.05, 0) is 31.2 Å². The Labute approximate surface area is 83.7 Å². The van der Waals surface area contributed by atoms with Crippen molar-refractivity contribution in [2.24, 2.45) is 0 Å². The van der Waals surface area contributed by atoms with Crippen LogP contribution in [0.5, 0.6) is 5.75 Å². The van der Waals surface area contributed by atoms with Gasteiger partial charge in [0, 0.05) is 30.7 Å². The highest BCUT2D eigenvalue weighted by molar-refractivity contribution is 5.52. The molecule has 1 unspecified atom stereocenters. The molecule has 0 aromatic heterocycles. The Hall–Kier alpha value is -1.64. The molecule has 2 rings (SSSR count). The second kappa shape index (κ2) is 3.62. The lowest BCUT2D eigenvalue weighted by Crippen LogP contribution is -2.39. The molecule has 1 atom stereocenters.